The molecule has 0 spiro atoms. The molecule has 2 aromatic rings. The molecule has 1 saturated carbocycles. The van der Waals surface area contributed by atoms with Gasteiger partial charge in [0, 0.05) is 47.9 Å². The molecular formula is C27H34N4O4. The number of nitrogens with zero attached hydrogens (tertiary/aromatic N) is 3. The Hall–Kier alpha value is -2.97. The van der Waals surface area contributed by atoms with Crippen LogP contribution >= 0.6 is 0 Å². The molecule has 0 bridgehead atoms. The number of ketones is 1. The summed E-state index contributed by atoms with van der Waals surface area (Å²) < 4.78 is 5.78. The molecule has 1 aliphatic carbocycles. The number of hydrogen-bond donors (Lipinski definition) is 3. The van der Waals surface area contributed by atoms with Crippen molar-refractivity contribution in [1.29, 1.82) is 5.41 Å². The van der Waals surface area contributed by atoms with E-state index in [9.17, 15) is 15.0 Å². The topological polar surface area (TPSA) is 110 Å². The number of carbonyl (C=O) groups excluding carboxylic acids is 1. The molecule has 1 aromatic heterocycles. The number of rotatable bonds is 6. The molecule has 3 heterocycles. The minimum Gasteiger partial charge on any atom is -0.494 e. The number of aliphatic hydroxyl groups is 2. The molecule has 35 heavy (non-hydrogen) atoms. The van der Waals surface area contributed by atoms with Gasteiger partial charge >= 0.3 is 0 Å². The minimum atomic E-state index is -0.853. The molecule has 3 aliphatic rings. The van der Waals surface area contributed by atoms with Crippen molar-refractivity contribution < 1.29 is 19.7 Å². The van der Waals surface area contributed by atoms with Crippen molar-refractivity contribution >= 4 is 17.3 Å². The number of ether oxygens (including phenoxy) is 1. The third-order valence-corrected chi connectivity index (χ3v) is 7.24. The van der Waals surface area contributed by atoms with E-state index in [4.69, 9.17) is 15.1 Å². The van der Waals surface area contributed by atoms with Crippen LogP contribution in [-0.2, 0) is 12.0 Å². The summed E-state index contributed by atoms with van der Waals surface area (Å²) >= 11 is 0. The van der Waals surface area contributed by atoms with Crippen LogP contribution in [0.4, 0.5) is 5.69 Å². The van der Waals surface area contributed by atoms with E-state index in [1.807, 2.05) is 17.0 Å². The minimum absolute atomic E-state index is 0.0779. The molecule has 2 atom stereocenters. The molecule has 2 unspecified atom stereocenters. The van der Waals surface area contributed by atoms with Crippen molar-refractivity contribution in [3.05, 3.63) is 52.3 Å². The van der Waals surface area contributed by atoms with E-state index in [1.165, 1.54) is 0 Å². The van der Waals surface area contributed by atoms with Gasteiger partial charge in [-0.25, -0.2) is 4.98 Å². The summed E-state index contributed by atoms with van der Waals surface area (Å²) in [6.45, 7) is 7.29. The van der Waals surface area contributed by atoms with Crippen LogP contribution in [0.3, 0.4) is 0 Å². The van der Waals surface area contributed by atoms with Crippen LogP contribution in [0.5, 0.6) is 5.75 Å². The quantitative estimate of drug-likeness (QED) is 0.548. The standard InChI is InChI=1S/C27H34N4O4/c1-27(2,3)18-9-17(10-20(25(18)35-4)30-13-22(33)23(34)14-30)21(32)12-31-11-16-7-8-19(15-5-6-15)29-24(16)26(31)28/h7-10,15,22-23,28,33-34H,5-6,11-14H2,1-4H3. The zero-order chi connectivity index (χ0) is 25.1. The normalized spacial score (nSPS) is 22.1. The molecule has 8 nitrogen and oxygen atoms in total. The van der Waals surface area contributed by atoms with Crippen molar-refractivity contribution in [3.63, 3.8) is 0 Å². The first-order chi connectivity index (χ1) is 16.6. The maximum absolute atomic E-state index is 13.5. The summed E-state index contributed by atoms with van der Waals surface area (Å²) in [4.78, 5) is 21.9. The fraction of sp³-hybridized carbons (Fsp3) is 0.519. The average molecular weight is 479 g/mol. The third kappa shape index (κ3) is 4.41. The number of aromatic nitrogens is 1. The Morgan fingerprint density at radius 2 is 1.86 bits per heavy atom. The van der Waals surface area contributed by atoms with E-state index in [1.54, 1.807) is 18.1 Å². The van der Waals surface area contributed by atoms with E-state index < -0.39 is 12.2 Å². The van der Waals surface area contributed by atoms with Crippen LogP contribution in [0.1, 0.15) is 72.4 Å². The van der Waals surface area contributed by atoms with Gasteiger partial charge in [0.15, 0.2) is 5.78 Å². The lowest BCUT2D eigenvalue weighted by Gasteiger charge is -2.29. The number of nitrogens with one attached hydrogen (secondary N) is 1. The maximum atomic E-state index is 13.5. The molecular weight excluding hydrogens is 444 g/mol. The molecule has 5 rings (SSSR count). The number of Topliss-reactive ketones (excluding diaryl/α,β-unsaturated/α-hetero) is 1. The summed E-state index contributed by atoms with van der Waals surface area (Å²) in [6.07, 6.45) is 0.604. The lowest BCUT2D eigenvalue weighted by atomic mass is 9.84. The van der Waals surface area contributed by atoms with Crippen LogP contribution < -0.4 is 9.64 Å². The van der Waals surface area contributed by atoms with Crippen molar-refractivity contribution in [2.45, 2.75) is 63.7 Å². The van der Waals surface area contributed by atoms with Gasteiger partial charge < -0.3 is 24.7 Å². The average Bonchev–Trinajstić information content (AvgIpc) is 3.55. The largest absolute Gasteiger partial charge is 0.494 e. The van der Waals surface area contributed by atoms with Gasteiger partial charge in [0.05, 0.1) is 31.5 Å². The Labute approximate surface area is 206 Å². The summed E-state index contributed by atoms with van der Waals surface area (Å²) in [5.41, 5.74) is 4.52. The fourth-order valence-electron chi connectivity index (χ4n) is 5.02. The van der Waals surface area contributed by atoms with Gasteiger partial charge in [0.2, 0.25) is 0 Å². The molecule has 2 fully saturated rings. The van der Waals surface area contributed by atoms with Crippen LogP contribution in [0.2, 0.25) is 0 Å². The van der Waals surface area contributed by atoms with Crippen molar-refractivity contribution in [1.82, 2.24) is 9.88 Å². The summed E-state index contributed by atoms with van der Waals surface area (Å²) in [6, 6.07) is 7.77. The number of hydrogen-bond acceptors (Lipinski definition) is 7. The van der Waals surface area contributed by atoms with E-state index in [0.29, 0.717) is 41.0 Å². The van der Waals surface area contributed by atoms with Crippen molar-refractivity contribution in [2.24, 2.45) is 0 Å². The summed E-state index contributed by atoms with van der Waals surface area (Å²) in [7, 11) is 1.60. The first kappa shape index (κ1) is 23.8. The van der Waals surface area contributed by atoms with Gasteiger partial charge in [0.25, 0.3) is 0 Å². The number of fused-ring (bicyclic) bond motifs is 1. The van der Waals surface area contributed by atoms with Crippen LogP contribution in [-0.4, -0.2) is 70.7 Å². The number of benzene rings is 1. The molecule has 2 aliphatic heterocycles. The number of aliphatic hydroxyl groups excluding tert-OH is 2. The lowest BCUT2D eigenvalue weighted by molar-refractivity contribution is 0.0572. The number of carbonyl (C=O) groups is 1. The van der Waals surface area contributed by atoms with Gasteiger partial charge in [0.1, 0.15) is 17.3 Å². The Morgan fingerprint density at radius 3 is 2.46 bits per heavy atom. The van der Waals surface area contributed by atoms with E-state index in [-0.39, 0.29) is 30.8 Å². The number of anilines is 1. The second-order valence-corrected chi connectivity index (χ2v) is 11.0. The number of β-amino-alcohol motifs (C(OH)–C–C–N with tert-alkyl or cyclic N) is 2. The number of pyridine rings is 1. The van der Waals surface area contributed by atoms with Gasteiger partial charge in [-0.05, 0) is 36.5 Å². The molecule has 0 amide bonds. The molecule has 3 N–H and O–H groups in total. The van der Waals surface area contributed by atoms with E-state index >= 15 is 0 Å². The Balaban J connectivity index is 1.44. The summed E-state index contributed by atoms with van der Waals surface area (Å²) in [5.74, 6) is 1.36. The Morgan fingerprint density at radius 1 is 1.17 bits per heavy atom. The third-order valence-electron chi connectivity index (χ3n) is 7.24. The predicted octanol–water partition coefficient (Wildman–Crippen LogP) is 2.83. The SMILES string of the molecule is COc1c(N2CC(O)C(O)C2)cc(C(=O)CN2Cc3ccc(C4CC4)nc3C2=N)cc1C(C)(C)C. The highest BCUT2D eigenvalue weighted by molar-refractivity contribution is 6.05. The first-order valence-electron chi connectivity index (χ1n) is 12.3. The van der Waals surface area contributed by atoms with Crippen molar-refractivity contribution in [2.75, 3.05) is 31.6 Å². The van der Waals surface area contributed by atoms with Crippen LogP contribution in [0.15, 0.2) is 24.3 Å². The summed E-state index contributed by atoms with van der Waals surface area (Å²) in [5, 5.41) is 28.9. The molecule has 1 saturated heterocycles. The second-order valence-electron chi connectivity index (χ2n) is 11.0. The zero-order valence-electron chi connectivity index (χ0n) is 20.8. The predicted molar refractivity (Wildman–Crippen MR) is 134 cm³/mol. The Bertz CT molecular complexity index is 1170. The molecule has 8 heteroatoms. The molecule has 186 valence electrons. The molecule has 1 aromatic carbocycles. The second kappa shape index (κ2) is 8.60. The van der Waals surface area contributed by atoms with Crippen molar-refractivity contribution in [3.8, 4) is 5.75 Å². The Kier molecular flexibility index (Phi) is 5.84. The number of amidine groups is 1. The molecule has 0 radical (unpaired) electrons. The first-order valence-corrected chi connectivity index (χ1v) is 12.3. The lowest BCUT2D eigenvalue weighted by Crippen LogP contribution is -2.31. The van der Waals surface area contributed by atoms with E-state index in [2.05, 4.69) is 26.8 Å². The zero-order valence-corrected chi connectivity index (χ0v) is 20.8. The van der Waals surface area contributed by atoms with Crippen LogP contribution in [0.25, 0.3) is 0 Å². The van der Waals surface area contributed by atoms with Gasteiger partial charge in [-0.2, -0.15) is 0 Å². The monoisotopic (exact) mass is 478 g/mol. The highest BCUT2D eigenvalue weighted by Crippen LogP contribution is 2.42. The van der Waals surface area contributed by atoms with Gasteiger partial charge in [-0.3, -0.25) is 10.2 Å². The van der Waals surface area contributed by atoms with Gasteiger partial charge in [-0.15, -0.1) is 0 Å². The van der Waals surface area contributed by atoms with Crippen LogP contribution in [0, 0.1) is 5.41 Å². The fourth-order valence-corrected chi connectivity index (χ4v) is 5.02. The maximum Gasteiger partial charge on any atom is 0.182 e. The highest BCUT2D eigenvalue weighted by atomic mass is 16.5. The van der Waals surface area contributed by atoms with E-state index in [0.717, 1.165) is 29.7 Å². The smallest absolute Gasteiger partial charge is 0.182 e. The number of methoxy groups -OCH3 is 1. The van der Waals surface area contributed by atoms with Gasteiger partial charge in [-0.1, -0.05) is 26.8 Å². The highest BCUT2D eigenvalue weighted by Gasteiger charge is 2.35.